The number of amides is 2. The Morgan fingerprint density at radius 1 is 1.11 bits per heavy atom. The zero-order valence-electron chi connectivity index (χ0n) is 20.7. The van der Waals surface area contributed by atoms with Gasteiger partial charge in [0.05, 0.1) is 6.04 Å². The van der Waals surface area contributed by atoms with Gasteiger partial charge < -0.3 is 15.6 Å². The van der Waals surface area contributed by atoms with Crippen molar-refractivity contribution in [1.29, 1.82) is 0 Å². The quantitative estimate of drug-likeness (QED) is 0.623. The first-order valence-corrected chi connectivity index (χ1v) is 12.4. The highest BCUT2D eigenvalue weighted by atomic mass is 19.1. The zero-order chi connectivity index (χ0) is 25.4. The van der Waals surface area contributed by atoms with Gasteiger partial charge in [-0.05, 0) is 62.6 Å². The van der Waals surface area contributed by atoms with Gasteiger partial charge in [0, 0.05) is 23.7 Å². The molecule has 0 saturated carbocycles. The summed E-state index contributed by atoms with van der Waals surface area (Å²) in [7, 11) is 0. The van der Waals surface area contributed by atoms with E-state index in [9.17, 15) is 14.0 Å². The summed E-state index contributed by atoms with van der Waals surface area (Å²) in [5.41, 5.74) is 7.69. The van der Waals surface area contributed by atoms with Gasteiger partial charge in [-0.15, -0.1) is 0 Å². The molecule has 0 bridgehead atoms. The fourth-order valence-electron chi connectivity index (χ4n) is 5.52. The number of aryl methyl sites for hydroxylation is 1. The summed E-state index contributed by atoms with van der Waals surface area (Å²) in [6.07, 6.45) is 9.03. The predicted octanol–water partition coefficient (Wildman–Crippen LogP) is 4.18. The number of hydrogen-bond acceptors (Lipinski definition) is 4. The lowest BCUT2D eigenvalue weighted by Crippen LogP contribution is -2.64. The molecule has 2 heterocycles. The van der Waals surface area contributed by atoms with Crippen molar-refractivity contribution in [2.45, 2.75) is 51.4 Å². The standard InChI is InChI=1S/C29H31FN4O2/c1-4-33-28-24(19(3)32-34(28)23-11-6-5-7-12-23)25(20-13-15-22(30)16-14-20)26(29(33)36)31-27(35)21-10-8-9-18(2)17-21/h6-17,23,25-26,28,32H,4-5H2,1-3H3,(H,31,35)/t25-,26-,28-/m0/s1. The summed E-state index contributed by atoms with van der Waals surface area (Å²) in [4.78, 5) is 29.2. The van der Waals surface area contributed by atoms with Crippen molar-refractivity contribution < 1.29 is 14.0 Å². The molecule has 1 fully saturated rings. The maximum atomic E-state index is 14.0. The molecule has 0 spiro atoms. The molecule has 0 aromatic heterocycles. The van der Waals surface area contributed by atoms with Gasteiger partial charge in [-0.3, -0.25) is 9.59 Å². The third-order valence-electron chi connectivity index (χ3n) is 7.18. The summed E-state index contributed by atoms with van der Waals surface area (Å²) in [5, 5.41) is 5.13. The Hall–Kier alpha value is -3.71. The lowest BCUT2D eigenvalue weighted by Gasteiger charge is -2.47. The van der Waals surface area contributed by atoms with Crippen LogP contribution >= 0.6 is 0 Å². The molecule has 186 valence electrons. The number of likely N-dealkylation sites (N-methyl/N-ethyl adjacent to an activating group) is 1. The van der Waals surface area contributed by atoms with Crippen LogP contribution in [0, 0.1) is 12.7 Å². The van der Waals surface area contributed by atoms with Gasteiger partial charge >= 0.3 is 0 Å². The molecular formula is C29H31FN4O2. The summed E-state index contributed by atoms with van der Waals surface area (Å²) in [6.45, 7) is 6.35. The van der Waals surface area contributed by atoms with Crippen LogP contribution in [0.25, 0.3) is 0 Å². The van der Waals surface area contributed by atoms with Crippen molar-refractivity contribution in [2.75, 3.05) is 6.54 Å². The van der Waals surface area contributed by atoms with Gasteiger partial charge in [-0.2, -0.15) is 5.01 Å². The molecule has 2 N–H and O–H groups in total. The molecule has 2 amide bonds. The van der Waals surface area contributed by atoms with Crippen LogP contribution in [0.4, 0.5) is 4.39 Å². The molecule has 2 aliphatic heterocycles. The van der Waals surface area contributed by atoms with Crippen LogP contribution in [-0.4, -0.2) is 46.5 Å². The van der Waals surface area contributed by atoms with Gasteiger partial charge in [0.1, 0.15) is 18.0 Å². The molecule has 3 aliphatic rings. The first kappa shape index (κ1) is 24.0. The first-order valence-electron chi connectivity index (χ1n) is 12.4. The van der Waals surface area contributed by atoms with Crippen LogP contribution in [0.5, 0.6) is 0 Å². The van der Waals surface area contributed by atoms with Crippen molar-refractivity contribution in [2.24, 2.45) is 0 Å². The third kappa shape index (κ3) is 4.24. The fraction of sp³-hybridized carbons (Fsp3) is 0.310. The van der Waals surface area contributed by atoms with E-state index >= 15 is 0 Å². The van der Waals surface area contributed by atoms with E-state index in [-0.39, 0.29) is 29.8 Å². The molecule has 0 radical (unpaired) electrons. The fourth-order valence-corrected chi connectivity index (χ4v) is 5.52. The summed E-state index contributed by atoms with van der Waals surface area (Å²) < 4.78 is 13.9. The molecular weight excluding hydrogens is 455 g/mol. The average molecular weight is 487 g/mol. The molecule has 1 aliphatic carbocycles. The van der Waals surface area contributed by atoms with E-state index < -0.39 is 12.0 Å². The zero-order valence-corrected chi connectivity index (χ0v) is 20.7. The number of hydrazine groups is 1. The lowest BCUT2D eigenvalue weighted by molar-refractivity contribution is -0.142. The highest BCUT2D eigenvalue weighted by molar-refractivity contribution is 5.99. The van der Waals surface area contributed by atoms with E-state index in [1.807, 2.05) is 37.8 Å². The number of rotatable bonds is 5. The summed E-state index contributed by atoms with van der Waals surface area (Å²) >= 11 is 0. The normalized spacial score (nSPS) is 24.2. The van der Waals surface area contributed by atoms with Crippen molar-refractivity contribution in [3.63, 3.8) is 0 Å². The smallest absolute Gasteiger partial charge is 0.251 e. The largest absolute Gasteiger partial charge is 0.339 e. The van der Waals surface area contributed by atoms with E-state index in [2.05, 4.69) is 40.1 Å². The molecule has 5 rings (SSSR count). The third-order valence-corrected chi connectivity index (χ3v) is 7.18. The first-order chi connectivity index (χ1) is 17.4. The van der Waals surface area contributed by atoms with Gasteiger partial charge in [-0.1, -0.05) is 54.1 Å². The Morgan fingerprint density at radius 2 is 1.83 bits per heavy atom. The average Bonchev–Trinajstić information content (AvgIpc) is 3.22. The highest BCUT2D eigenvalue weighted by Crippen LogP contribution is 2.43. The molecule has 3 atom stereocenters. The van der Waals surface area contributed by atoms with Gasteiger partial charge in [-0.25, -0.2) is 4.39 Å². The highest BCUT2D eigenvalue weighted by Gasteiger charge is 2.52. The Morgan fingerprint density at radius 3 is 2.50 bits per heavy atom. The van der Waals surface area contributed by atoms with E-state index in [0.717, 1.165) is 28.8 Å². The Balaban J connectivity index is 1.58. The number of hydrogen-bond donors (Lipinski definition) is 2. The number of fused-ring (bicyclic) bond motifs is 1. The maximum Gasteiger partial charge on any atom is 0.251 e. The second-order valence-electron chi connectivity index (χ2n) is 9.53. The number of likely N-dealkylation sites (tertiary alicyclic amines) is 1. The lowest BCUT2D eigenvalue weighted by atomic mass is 9.78. The summed E-state index contributed by atoms with van der Waals surface area (Å²) in [5.74, 6) is -1.26. The SMILES string of the molecule is CCN1C(=O)[C@@H](NC(=O)c2cccc(C)c2)[C@@H](c2ccc(F)cc2)C2=C(C)NN(C3C=CCC=C3)[C@@H]21. The molecule has 2 aromatic carbocycles. The van der Waals surface area contributed by atoms with Crippen molar-refractivity contribution >= 4 is 11.8 Å². The number of nitrogens with one attached hydrogen (secondary N) is 2. The molecule has 0 unspecified atom stereocenters. The van der Waals surface area contributed by atoms with E-state index in [1.165, 1.54) is 12.1 Å². The van der Waals surface area contributed by atoms with Gasteiger partial charge in [0.15, 0.2) is 0 Å². The molecule has 1 saturated heterocycles. The number of nitrogens with zero attached hydrogens (tertiary/aromatic N) is 2. The number of carbonyl (C=O) groups excluding carboxylic acids is 2. The van der Waals surface area contributed by atoms with Crippen LogP contribution in [0.2, 0.25) is 0 Å². The topological polar surface area (TPSA) is 64.7 Å². The second-order valence-corrected chi connectivity index (χ2v) is 9.53. The summed E-state index contributed by atoms with van der Waals surface area (Å²) in [6, 6.07) is 12.7. The Kier molecular flexibility index (Phi) is 6.49. The molecule has 2 aromatic rings. The van der Waals surface area contributed by atoms with E-state index in [0.29, 0.717) is 12.1 Å². The van der Waals surface area contributed by atoms with Crippen LogP contribution in [0.1, 0.15) is 47.7 Å². The number of carbonyl (C=O) groups is 2. The minimum atomic E-state index is -0.830. The van der Waals surface area contributed by atoms with Crippen LogP contribution < -0.4 is 10.7 Å². The number of allylic oxidation sites excluding steroid dienone is 3. The predicted molar refractivity (Wildman–Crippen MR) is 137 cm³/mol. The Bertz CT molecular complexity index is 1250. The van der Waals surface area contributed by atoms with Crippen molar-refractivity contribution in [1.82, 2.24) is 20.7 Å². The molecule has 36 heavy (non-hydrogen) atoms. The van der Waals surface area contributed by atoms with Gasteiger partial charge in [0.25, 0.3) is 5.91 Å². The van der Waals surface area contributed by atoms with E-state index in [4.69, 9.17) is 0 Å². The Labute approximate surface area is 211 Å². The molecule has 7 heteroatoms. The van der Waals surface area contributed by atoms with E-state index in [1.54, 1.807) is 24.3 Å². The van der Waals surface area contributed by atoms with Gasteiger partial charge in [0.2, 0.25) is 5.91 Å². The number of halogens is 1. The minimum absolute atomic E-state index is 0.0228. The maximum absolute atomic E-state index is 14.0. The monoisotopic (exact) mass is 486 g/mol. The molecule has 6 nitrogen and oxygen atoms in total. The van der Waals surface area contributed by atoms with Crippen molar-refractivity contribution in [3.05, 3.63) is 107 Å². The minimum Gasteiger partial charge on any atom is -0.339 e. The van der Waals surface area contributed by atoms with Crippen LogP contribution in [-0.2, 0) is 4.79 Å². The van der Waals surface area contributed by atoms with Crippen LogP contribution in [0.15, 0.2) is 84.1 Å². The number of piperidine rings is 1. The second kappa shape index (κ2) is 9.74. The number of benzene rings is 2. The van der Waals surface area contributed by atoms with Crippen LogP contribution in [0.3, 0.4) is 0 Å². The van der Waals surface area contributed by atoms with Crippen molar-refractivity contribution in [3.8, 4) is 0 Å².